The summed E-state index contributed by atoms with van der Waals surface area (Å²) >= 11 is 0. The smallest absolute Gasteiger partial charge is 0.296 e. The molecule has 6 N–H and O–H groups in total. The van der Waals surface area contributed by atoms with Crippen LogP contribution in [0.4, 0.5) is 11.4 Å². The van der Waals surface area contributed by atoms with Crippen LogP contribution in [-0.2, 0) is 20.2 Å². The van der Waals surface area contributed by atoms with E-state index in [1.807, 2.05) is 0 Å². The Morgan fingerprint density at radius 1 is 1.05 bits per heavy atom. The second-order valence-corrected chi connectivity index (χ2v) is 7.15. The average Bonchev–Trinajstić information content (AvgIpc) is 2.38. The number of rotatable bonds is 3. The molecule has 0 radical (unpaired) electrons. The molecule has 0 fully saturated rings. The van der Waals surface area contributed by atoms with E-state index in [1.54, 1.807) is 0 Å². The SMILES string of the molecule is CNc1ccc(S(=O)(=O)O)c2cc(S(=O)(=O)O)c(N)c(O)c12. The van der Waals surface area contributed by atoms with Crippen LogP contribution in [-0.4, -0.2) is 38.1 Å². The van der Waals surface area contributed by atoms with Crippen molar-refractivity contribution in [1.29, 1.82) is 0 Å². The molecule has 0 saturated carbocycles. The summed E-state index contributed by atoms with van der Waals surface area (Å²) < 4.78 is 63.8. The Balaban J connectivity index is 3.16. The van der Waals surface area contributed by atoms with Gasteiger partial charge in [0.25, 0.3) is 20.2 Å². The molecule has 0 amide bonds. The molecule has 0 saturated heterocycles. The minimum atomic E-state index is -4.81. The Morgan fingerprint density at radius 2 is 1.59 bits per heavy atom. The minimum absolute atomic E-state index is 0.109. The van der Waals surface area contributed by atoms with Crippen molar-refractivity contribution in [1.82, 2.24) is 0 Å². The van der Waals surface area contributed by atoms with Gasteiger partial charge in [-0.15, -0.1) is 0 Å². The number of nitrogens with two attached hydrogens (primary N) is 1. The van der Waals surface area contributed by atoms with E-state index in [9.17, 15) is 26.5 Å². The molecule has 11 heteroatoms. The molecular formula is C11H12N2O7S2. The maximum atomic E-state index is 11.4. The summed E-state index contributed by atoms with van der Waals surface area (Å²) in [5, 5.41) is 12.3. The molecule has 0 atom stereocenters. The van der Waals surface area contributed by atoms with Crippen molar-refractivity contribution in [3.63, 3.8) is 0 Å². The molecular weight excluding hydrogens is 336 g/mol. The second kappa shape index (κ2) is 4.98. The molecule has 0 aliphatic rings. The second-order valence-electron chi connectivity index (χ2n) is 4.37. The van der Waals surface area contributed by atoms with Crippen molar-refractivity contribution < 1.29 is 31.0 Å². The van der Waals surface area contributed by atoms with E-state index < -0.39 is 41.5 Å². The van der Waals surface area contributed by atoms with Crippen LogP contribution in [0.25, 0.3) is 10.8 Å². The quantitative estimate of drug-likeness (QED) is 0.304. The largest absolute Gasteiger partial charge is 0.505 e. The van der Waals surface area contributed by atoms with Crippen molar-refractivity contribution in [2.75, 3.05) is 18.1 Å². The molecule has 0 aliphatic heterocycles. The first-order valence-corrected chi connectivity index (χ1v) is 8.57. The number of nitrogens with one attached hydrogen (secondary N) is 1. The predicted molar refractivity (Wildman–Crippen MR) is 79.2 cm³/mol. The third-order valence-electron chi connectivity index (χ3n) is 3.06. The van der Waals surface area contributed by atoms with E-state index in [2.05, 4.69) is 5.32 Å². The van der Waals surface area contributed by atoms with E-state index in [1.165, 1.54) is 13.1 Å². The van der Waals surface area contributed by atoms with Crippen LogP contribution in [0.15, 0.2) is 28.0 Å². The van der Waals surface area contributed by atoms with Gasteiger partial charge < -0.3 is 16.2 Å². The van der Waals surface area contributed by atoms with E-state index in [-0.39, 0.29) is 16.5 Å². The Bertz CT molecular complexity index is 981. The number of hydrogen-bond acceptors (Lipinski definition) is 7. The van der Waals surface area contributed by atoms with Gasteiger partial charge in [-0.05, 0) is 18.2 Å². The fraction of sp³-hybridized carbons (Fsp3) is 0.0909. The monoisotopic (exact) mass is 348 g/mol. The Kier molecular flexibility index (Phi) is 3.69. The van der Waals surface area contributed by atoms with Gasteiger partial charge in [0.05, 0.1) is 11.1 Å². The number of phenols is 1. The minimum Gasteiger partial charge on any atom is -0.505 e. The van der Waals surface area contributed by atoms with Gasteiger partial charge in [-0.1, -0.05) is 0 Å². The number of phenolic OH excluding ortho intramolecular Hbond substituents is 1. The van der Waals surface area contributed by atoms with Crippen molar-refractivity contribution >= 4 is 42.4 Å². The molecule has 0 aliphatic carbocycles. The molecule has 0 aromatic heterocycles. The Morgan fingerprint density at radius 3 is 2.05 bits per heavy atom. The van der Waals surface area contributed by atoms with Crippen molar-refractivity contribution in [3.05, 3.63) is 18.2 Å². The highest BCUT2D eigenvalue weighted by molar-refractivity contribution is 7.86. The highest BCUT2D eigenvalue weighted by Crippen LogP contribution is 2.42. The highest BCUT2D eigenvalue weighted by Gasteiger charge is 2.25. The predicted octanol–water partition coefficient (Wildman–Crippen LogP) is 0.663. The molecule has 0 spiro atoms. The molecule has 9 nitrogen and oxygen atoms in total. The summed E-state index contributed by atoms with van der Waals surface area (Å²) in [5.74, 6) is -0.736. The van der Waals surface area contributed by atoms with Gasteiger partial charge >= 0.3 is 0 Å². The molecule has 0 bridgehead atoms. The lowest BCUT2D eigenvalue weighted by Gasteiger charge is -2.14. The average molecular weight is 348 g/mol. The lowest BCUT2D eigenvalue weighted by atomic mass is 10.1. The van der Waals surface area contributed by atoms with Crippen LogP contribution in [0.1, 0.15) is 0 Å². The molecule has 0 unspecified atom stereocenters. The number of fused-ring (bicyclic) bond motifs is 1. The van der Waals surface area contributed by atoms with Gasteiger partial charge in [0.1, 0.15) is 15.5 Å². The maximum Gasteiger partial charge on any atom is 0.296 e. The zero-order valence-electron chi connectivity index (χ0n) is 11.1. The summed E-state index contributed by atoms with van der Waals surface area (Å²) in [6.07, 6.45) is 0. The molecule has 2 aromatic carbocycles. The molecule has 0 heterocycles. The van der Waals surface area contributed by atoms with Crippen LogP contribution >= 0.6 is 0 Å². The van der Waals surface area contributed by atoms with Gasteiger partial charge in [-0.2, -0.15) is 16.8 Å². The molecule has 2 rings (SSSR count). The zero-order chi connectivity index (χ0) is 16.9. The summed E-state index contributed by atoms with van der Waals surface area (Å²) in [6.45, 7) is 0. The fourth-order valence-electron chi connectivity index (χ4n) is 2.11. The third kappa shape index (κ3) is 2.54. The van der Waals surface area contributed by atoms with Crippen molar-refractivity contribution in [2.45, 2.75) is 9.79 Å². The molecule has 2 aromatic rings. The first-order chi connectivity index (χ1) is 9.98. The first kappa shape index (κ1) is 16.3. The molecule has 22 heavy (non-hydrogen) atoms. The van der Waals surface area contributed by atoms with Crippen LogP contribution in [0.5, 0.6) is 5.75 Å². The number of hydrogen-bond donors (Lipinski definition) is 5. The summed E-state index contributed by atoms with van der Waals surface area (Å²) in [5.41, 5.74) is 5.09. The highest BCUT2D eigenvalue weighted by atomic mass is 32.2. The number of nitrogen functional groups attached to an aromatic ring is 1. The Labute approximate surface area is 125 Å². The van der Waals surface area contributed by atoms with Crippen LogP contribution in [0.3, 0.4) is 0 Å². The fourth-order valence-corrected chi connectivity index (χ4v) is 3.43. The maximum absolute atomic E-state index is 11.4. The number of aromatic hydroxyl groups is 1. The molecule has 120 valence electrons. The van der Waals surface area contributed by atoms with Gasteiger partial charge in [0, 0.05) is 18.1 Å². The Hall–Kier alpha value is -2.08. The topological polar surface area (TPSA) is 167 Å². The lowest BCUT2D eigenvalue weighted by Crippen LogP contribution is -2.06. The van der Waals surface area contributed by atoms with E-state index >= 15 is 0 Å². The van der Waals surface area contributed by atoms with E-state index in [4.69, 9.17) is 10.3 Å². The lowest BCUT2D eigenvalue weighted by molar-refractivity contribution is 0.473. The normalized spacial score (nSPS) is 12.5. The van der Waals surface area contributed by atoms with Gasteiger partial charge in [0.2, 0.25) is 0 Å². The number of anilines is 2. The van der Waals surface area contributed by atoms with Gasteiger partial charge in [-0.25, -0.2) is 0 Å². The number of benzene rings is 2. The van der Waals surface area contributed by atoms with Crippen LogP contribution in [0.2, 0.25) is 0 Å². The summed E-state index contributed by atoms with van der Waals surface area (Å²) in [7, 11) is -8.03. The van der Waals surface area contributed by atoms with Gasteiger partial charge in [-0.3, -0.25) is 9.11 Å². The van der Waals surface area contributed by atoms with Gasteiger partial charge in [0.15, 0.2) is 0 Å². The van der Waals surface area contributed by atoms with E-state index in [0.29, 0.717) is 0 Å². The summed E-state index contributed by atoms with van der Waals surface area (Å²) in [6, 6.07) is 3.05. The first-order valence-electron chi connectivity index (χ1n) is 5.69. The zero-order valence-corrected chi connectivity index (χ0v) is 12.7. The summed E-state index contributed by atoms with van der Waals surface area (Å²) in [4.78, 5) is -1.50. The van der Waals surface area contributed by atoms with E-state index in [0.717, 1.165) is 12.1 Å². The van der Waals surface area contributed by atoms with Crippen molar-refractivity contribution in [3.8, 4) is 5.75 Å². The third-order valence-corrected chi connectivity index (χ3v) is 4.87. The van der Waals surface area contributed by atoms with Crippen molar-refractivity contribution in [2.24, 2.45) is 0 Å². The van der Waals surface area contributed by atoms with Crippen LogP contribution in [0, 0.1) is 0 Å². The van der Waals surface area contributed by atoms with Crippen LogP contribution < -0.4 is 11.1 Å². The standard InChI is InChI=1S/C11H12N2O7S2/c1-13-6-2-3-7(21(15,16)17)5-4-8(22(18,19)20)10(12)11(14)9(5)6/h2-4,13-14H,12H2,1H3,(H,15,16,17)(H,18,19,20).